The maximum Gasteiger partial charge on any atom is 0.247 e. The molecule has 0 spiro atoms. The summed E-state index contributed by atoms with van der Waals surface area (Å²) in [6, 6.07) is 14.9. The van der Waals surface area contributed by atoms with Crippen molar-refractivity contribution in [2.24, 2.45) is 0 Å². The fourth-order valence-electron chi connectivity index (χ4n) is 4.64. The third-order valence-electron chi connectivity index (χ3n) is 6.29. The molecule has 5 rings (SSSR count). The lowest BCUT2D eigenvalue weighted by molar-refractivity contribution is -0.125. The molecule has 1 aliphatic rings. The molecule has 1 aliphatic heterocycles. The molecule has 0 fully saturated rings. The van der Waals surface area contributed by atoms with E-state index in [1.54, 1.807) is 0 Å². The van der Waals surface area contributed by atoms with Crippen LogP contribution in [0, 0.1) is 0 Å². The Hall–Kier alpha value is -3.94. The molecule has 4 aromatic rings. The molecular weight excluding hydrogens is 428 g/mol. The number of amides is 2. The number of hydrogen-bond donors (Lipinski definition) is 3. The Labute approximate surface area is 197 Å². The van der Waals surface area contributed by atoms with E-state index >= 15 is 0 Å². The number of aryl methyl sites for hydroxylation is 1. The molecule has 8 nitrogen and oxygen atoms in total. The van der Waals surface area contributed by atoms with E-state index in [0.717, 1.165) is 59.5 Å². The van der Waals surface area contributed by atoms with Crippen molar-refractivity contribution in [3.05, 3.63) is 66.1 Å². The summed E-state index contributed by atoms with van der Waals surface area (Å²) in [5, 5.41) is 15.6. The molecule has 0 bridgehead atoms. The molecule has 1 unspecified atom stereocenters. The predicted octanol–water partition coefficient (Wildman–Crippen LogP) is 3.84. The van der Waals surface area contributed by atoms with Crippen molar-refractivity contribution >= 4 is 28.4 Å². The van der Waals surface area contributed by atoms with Crippen LogP contribution in [-0.4, -0.2) is 37.6 Å². The maximum atomic E-state index is 13.2. The van der Waals surface area contributed by atoms with Crippen LogP contribution in [0.1, 0.15) is 37.6 Å². The van der Waals surface area contributed by atoms with E-state index in [9.17, 15) is 9.59 Å². The summed E-state index contributed by atoms with van der Waals surface area (Å²) < 4.78 is 2.19. The number of aromatic amines is 1. The van der Waals surface area contributed by atoms with Gasteiger partial charge in [0.1, 0.15) is 11.9 Å². The molecule has 8 heteroatoms. The number of carbonyl (C=O) groups is 2. The van der Waals surface area contributed by atoms with Gasteiger partial charge in [-0.3, -0.25) is 9.59 Å². The summed E-state index contributed by atoms with van der Waals surface area (Å²) >= 11 is 0. The number of nitrogens with zero attached hydrogens (tertiary/aromatic N) is 3. The Morgan fingerprint density at radius 1 is 1.09 bits per heavy atom. The molecule has 0 radical (unpaired) electrons. The first-order chi connectivity index (χ1) is 16.6. The number of para-hydroxylation sites is 1. The van der Waals surface area contributed by atoms with Crippen LogP contribution in [0.25, 0.3) is 22.3 Å². The quantitative estimate of drug-likeness (QED) is 0.410. The Kier molecular flexibility index (Phi) is 6.12. The highest BCUT2D eigenvalue weighted by molar-refractivity contribution is 5.98. The zero-order valence-electron chi connectivity index (χ0n) is 19.2. The van der Waals surface area contributed by atoms with Crippen LogP contribution in [0.15, 0.2) is 54.7 Å². The van der Waals surface area contributed by atoms with Gasteiger partial charge in [0, 0.05) is 54.7 Å². The number of aromatic nitrogens is 4. The molecule has 174 valence electrons. The van der Waals surface area contributed by atoms with E-state index < -0.39 is 6.04 Å². The first-order valence-corrected chi connectivity index (χ1v) is 11.7. The second-order valence-corrected chi connectivity index (χ2v) is 8.79. The average Bonchev–Trinajstić information content (AvgIpc) is 3.35. The number of hydrogen-bond acceptors (Lipinski definition) is 4. The van der Waals surface area contributed by atoms with Crippen molar-refractivity contribution in [1.29, 1.82) is 0 Å². The Balaban J connectivity index is 1.37. The van der Waals surface area contributed by atoms with Gasteiger partial charge in [-0.1, -0.05) is 36.8 Å². The number of anilines is 1. The minimum absolute atomic E-state index is 0.250. The molecule has 0 saturated carbocycles. The fraction of sp³-hybridized carbons (Fsp3) is 0.308. The second-order valence-electron chi connectivity index (χ2n) is 8.79. The minimum Gasteiger partial charge on any atom is -0.361 e. The molecule has 3 N–H and O–H groups in total. The number of nitrogens with one attached hydrogen (secondary N) is 3. The summed E-state index contributed by atoms with van der Waals surface area (Å²) in [6.07, 6.45) is 6.66. The van der Waals surface area contributed by atoms with Gasteiger partial charge in [-0.25, -0.2) is 0 Å². The van der Waals surface area contributed by atoms with E-state index in [1.165, 1.54) is 13.3 Å². The lowest BCUT2D eigenvalue weighted by Crippen LogP contribution is -2.44. The number of carbonyl (C=O) groups excluding carboxylic acids is 2. The molecule has 0 aliphatic carbocycles. The molecule has 1 atom stereocenters. The molecule has 3 heterocycles. The van der Waals surface area contributed by atoms with Gasteiger partial charge in [0.05, 0.1) is 0 Å². The largest absolute Gasteiger partial charge is 0.361 e. The van der Waals surface area contributed by atoms with Gasteiger partial charge in [0.15, 0.2) is 5.82 Å². The molecule has 0 saturated heterocycles. The van der Waals surface area contributed by atoms with Gasteiger partial charge < -0.3 is 20.2 Å². The molecule has 2 aromatic carbocycles. The molecular formula is C26H28N6O2. The maximum absolute atomic E-state index is 13.2. The highest BCUT2D eigenvalue weighted by atomic mass is 16.2. The first kappa shape index (κ1) is 21.9. The standard InChI is InChI=1S/C26H28N6O2/c1-17(33)28-23(15-19-16-27-22-11-5-4-10-21(19)22)26(34)29-20-9-7-8-18(14-20)25-31-30-24-12-3-2-6-13-32(24)25/h4-5,7-11,14,16,23,27H,2-3,6,12-13,15H2,1H3,(H,28,33)(H,29,34). The van der Waals surface area contributed by atoms with Crippen LogP contribution >= 0.6 is 0 Å². The summed E-state index contributed by atoms with van der Waals surface area (Å²) in [5.74, 6) is 1.33. The van der Waals surface area contributed by atoms with Crippen LogP contribution in [0.3, 0.4) is 0 Å². The van der Waals surface area contributed by atoms with Gasteiger partial charge in [-0.05, 0) is 36.6 Å². The zero-order chi connectivity index (χ0) is 23.5. The number of H-pyrrole nitrogens is 1. The molecule has 2 amide bonds. The lowest BCUT2D eigenvalue weighted by Gasteiger charge is -2.18. The van der Waals surface area contributed by atoms with Gasteiger partial charge >= 0.3 is 0 Å². The minimum atomic E-state index is -0.704. The van der Waals surface area contributed by atoms with Crippen molar-refractivity contribution in [2.75, 3.05) is 5.32 Å². The van der Waals surface area contributed by atoms with Crippen LogP contribution in [0.2, 0.25) is 0 Å². The van der Waals surface area contributed by atoms with Gasteiger partial charge in [-0.2, -0.15) is 0 Å². The van der Waals surface area contributed by atoms with E-state index in [-0.39, 0.29) is 11.8 Å². The second kappa shape index (κ2) is 9.51. The highest BCUT2D eigenvalue weighted by Crippen LogP contribution is 2.25. The van der Waals surface area contributed by atoms with Gasteiger partial charge in [-0.15, -0.1) is 10.2 Å². The van der Waals surface area contributed by atoms with E-state index in [1.807, 2.05) is 54.7 Å². The van der Waals surface area contributed by atoms with Crippen molar-refractivity contribution < 1.29 is 9.59 Å². The Bertz CT molecular complexity index is 1340. The number of benzene rings is 2. The third-order valence-corrected chi connectivity index (χ3v) is 6.29. The fourth-order valence-corrected chi connectivity index (χ4v) is 4.64. The number of fused-ring (bicyclic) bond motifs is 2. The summed E-state index contributed by atoms with van der Waals surface area (Å²) in [5.41, 5.74) is 3.54. The predicted molar refractivity (Wildman–Crippen MR) is 131 cm³/mol. The van der Waals surface area contributed by atoms with Gasteiger partial charge in [0.25, 0.3) is 0 Å². The van der Waals surface area contributed by atoms with Crippen molar-refractivity contribution in [3.63, 3.8) is 0 Å². The van der Waals surface area contributed by atoms with Gasteiger partial charge in [0.2, 0.25) is 11.8 Å². The van der Waals surface area contributed by atoms with Crippen LogP contribution in [0.4, 0.5) is 5.69 Å². The van der Waals surface area contributed by atoms with Crippen LogP contribution < -0.4 is 10.6 Å². The average molecular weight is 457 g/mol. The SMILES string of the molecule is CC(=O)NC(Cc1c[nH]c2ccccc12)C(=O)Nc1cccc(-c2nnc3n2CCCCC3)c1. The number of rotatable bonds is 6. The van der Waals surface area contributed by atoms with Crippen LogP contribution in [-0.2, 0) is 29.0 Å². The molecule has 34 heavy (non-hydrogen) atoms. The summed E-state index contributed by atoms with van der Waals surface area (Å²) in [7, 11) is 0. The van der Waals surface area contributed by atoms with Crippen molar-refractivity contribution in [3.8, 4) is 11.4 Å². The molecule has 2 aromatic heterocycles. The first-order valence-electron chi connectivity index (χ1n) is 11.7. The normalized spacial score (nSPS) is 14.3. The highest BCUT2D eigenvalue weighted by Gasteiger charge is 2.22. The van der Waals surface area contributed by atoms with Crippen molar-refractivity contribution in [2.45, 2.75) is 51.6 Å². The zero-order valence-corrected chi connectivity index (χ0v) is 19.2. The summed E-state index contributed by atoms with van der Waals surface area (Å²) in [6.45, 7) is 2.33. The summed E-state index contributed by atoms with van der Waals surface area (Å²) in [4.78, 5) is 28.3. The van der Waals surface area contributed by atoms with E-state index in [0.29, 0.717) is 12.1 Å². The Morgan fingerprint density at radius 2 is 1.97 bits per heavy atom. The van der Waals surface area contributed by atoms with Crippen molar-refractivity contribution in [1.82, 2.24) is 25.1 Å². The van der Waals surface area contributed by atoms with E-state index in [4.69, 9.17) is 0 Å². The topological polar surface area (TPSA) is 105 Å². The Morgan fingerprint density at radius 3 is 2.85 bits per heavy atom. The smallest absolute Gasteiger partial charge is 0.247 e. The van der Waals surface area contributed by atoms with E-state index in [2.05, 4.69) is 30.4 Å². The third kappa shape index (κ3) is 4.57. The monoisotopic (exact) mass is 456 g/mol. The lowest BCUT2D eigenvalue weighted by atomic mass is 10.0. The van der Waals surface area contributed by atoms with Crippen LogP contribution in [0.5, 0.6) is 0 Å².